The first kappa shape index (κ1) is 22.8. The van der Waals surface area contributed by atoms with Gasteiger partial charge in [-0.3, -0.25) is 4.79 Å². The van der Waals surface area contributed by atoms with Crippen LogP contribution in [0.2, 0.25) is 0 Å². The van der Waals surface area contributed by atoms with Crippen LogP contribution in [0.25, 0.3) is 10.3 Å². The van der Waals surface area contributed by atoms with Crippen LogP contribution in [-0.2, 0) is 11.2 Å². The molecule has 4 aromatic rings. The second kappa shape index (κ2) is 9.71. The van der Waals surface area contributed by atoms with Crippen LogP contribution >= 0.6 is 11.3 Å². The molecule has 1 fully saturated rings. The Bertz CT molecular complexity index is 1410. The Morgan fingerprint density at radius 1 is 1.03 bits per heavy atom. The molecule has 178 valence electrons. The van der Waals surface area contributed by atoms with E-state index >= 15 is 0 Å². The molecule has 0 radical (unpaired) electrons. The summed E-state index contributed by atoms with van der Waals surface area (Å²) in [5.41, 5.74) is 2.78. The SMILES string of the molecule is COc1ccccc1NC(=O)Nc1ccc(C)c(Oc2ccc3nc(CC(=O)C4CC4)sc3n2)c1. The molecule has 0 unspecified atom stereocenters. The average molecular weight is 489 g/mol. The summed E-state index contributed by atoms with van der Waals surface area (Å²) in [4.78, 5) is 34.5. The Kier molecular flexibility index (Phi) is 6.33. The first-order valence-corrected chi connectivity index (χ1v) is 12.1. The number of hydrogen-bond acceptors (Lipinski definition) is 7. The molecule has 5 rings (SSSR count). The van der Waals surface area contributed by atoms with Gasteiger partial charge in [0.25, 0.3) is 0 Å². The van der Waals surface area contributed by atoms with Gasteiger partial charge in [0.1, 0.15) is 32.6 Å². The third kappa shape index (κ3) is 5.41. The summed E-state index contributed by atoms with van der Waals surface area (Å²) in [5.74, 6) is 2.03. The number of urea groups is 1. The number of methoxy groups -OCH3 is 1. The van der Waals surface area contributed by atoms with E-state index in [-0.39, 0.29) is 11.7 Å². The second-order valence-corrected chi connectivity index (χ2v) is 9.42. The molecule has 2 aromatic carbocycles. The highest BCUT2D eigenvalue weighted by Crippen LogP contribution is 2.33. The molecule has 35 heavy (non-hydrogen) atoms. The van der Waals surface area contributed by atoms with Gasteiger partial charge in [-0.15, -0.1) is 0 Å². The number of fused-ring (bicyclic) bond motifs is 1. The van der Waals surface area contributed by atoms with Crippen LogP contribution in [0.3, 0.4) is 0 Å². The zero-order valence-electron chi connectivity index (χ0n) is 19.3. The summed E-state index contributed by atoms with van der Waals surface area (Å²) in [6, 6.07) is 15.8. The summed E-state index contributed by atoms with van der Waals surface area (Å²) in [7, 11) is 1.55. The average Bonchev–Trinajstić information content (AvgIpc) is 3.62. The fraction of sp³-hybridized carbons (Fsp3) is 0.231. The van der Waals surface area contributed by atoms with Crippen molar-refractivity contribution in [3.63, 3.8) is 0 Å². The number of thiazole rings is 1. The van der Waals surface area contributed by atoms with Crippen molar-refractivity contribution in [2.24, 2.45) is 5.92 Å². The van der Waals surface area contributed by atoms with Gasteiger partial charge in [0.15, 0.2) is 0 Å². The number of pyridine rings is 1. The van der Waals surface area contributed by atoms with Gasteiger partial charge in [0.05, 0.1) is 19.2 Å². The quantitative estimate of drug-likeness (QED) is 0.317. The second-order valence-electron chi connectivity index (χ2n) is 8.36. The van der Waals surface area contributed by atoms with Gasteiger partial charge in [0, 0.05) is 23.7 Å². The molecule has 2 N–H and O–H groups in total. The summed E-state index contributed by atoms with van der Waals surface area (Å²) in [6.07, 6.45) is 2.36. The molecule has 2 amide bonds. The molecule has 8 nitrogen and oxygen atoms in total. The molecule has 0 atom stereocenters. The molecule has 2 aromatic heterocycles. The van der Waals surface area contributed by atoms with Crippen LogP contribution in [0.4, 0.5) is 16.2 Å². The van der Waals surface area contributed by atoms with Gasteiger partial charge in [-0.2, -0.15) is 0 Å². The first-order chi connectivity index (χ1) is 17.0. The fourth-order valence-electron chi connectivity index (χ4n) is 3.61. The van der Waals surface area contributed by atoms with Crippen LogP contribution in [0.1, 0.15) is 23.4 Å². The van der Waals surface area contributed by atoms with Gasteiger partial charge >= 0.3 is 6.03 Å². The van der Waals surface area contributed by atoms with Crippen molar-refractivity contribution >= 4 is 44.9 Å². The summed E-state index contributed by atoms with van der Waals surface area (Å²) in [6.45, 7) is 1.92. The fourth-order valence-corrected chi connectivity index (χ4v) is 4.54. The van der Waals surface area contributed by atoms with E-state index in [1.54, 1.807) is 37.4 Å². The topological polar surface area (TPSA) is 102 Å². The molecule has 1 aliphatic rings. The molecule has 0 aliphatic heterocycles. The number of carbonyl (C=O) groups is 2. The maximum Gasteiger partial charge on any atom is 0.323 e. The Hall–Kier alpha value is -3.98. The third-order valence-corrected chi connectivity index (χ3v) is 6.61. The molecule has 9 heteroatoms. The van der Waals surface area contributed by atoms with Crippen molar-refractivity contribution in [1.29, 1.82) is 0 Å². The number of rotatable bonds is 8. The maximum absolute atomic E-state index is 12.5. The standard InChI is InChI=1S/C26H24N4O4S/c1-15-7-10-17(27-26(32)29-18-5-3-4-6-21(18)33-2)13-22(15)34-23-12-11-19-25(30-23)35-24(28-19)14-20(31)16-8-9-16/h3-7,10-13,16H,8-9,14H2,1-2H3,(H2,27,29,32). The van der Waals surface area contributed by atoms with E-state index in [0.717, 1.165) is 33.8 Å². The van der Waals surface area contributed by atoms with Crippen LogP contribution in [0.5, 0.6) is 17.4 Å². The summed E-state index contributed by atoms with van der Waals surface area (Å²) in [5, 5.41) is 6.38. The van der Waals surface area contributed by atoms with Crippen molar-refractivity contribution in [2.75, 3.05) is 17.7 Å². The van der Waals surface area contributed by atoms with E-state index in [0.29, 0.717) is 35.2 Å². The molecule has 2 heterocycles. The number of para-hydroxylation sites is 2. The number of nitrogens with one attached hydrogen (secondary N) is 2. The van der Waals surface area contributed by atoms with Crippen molar-refractivity contribution in [3.05, 3.63) is 65.2 Å². The minimum absolute atomic E-state index is 0.217. The lowest BCUT2D eigenvalue weighted by molar-refractivity contribution is -0.119. The predicted octanol–water partition coefficient (Wildman–Crippen LogP) is 5.97. The Morgan fingerprint density at radius 2 is 1.86 bits per heavy atom. The summed E-state index contributed by atoms with van der Waals surface area (Å²) < 4.78 is 11.3. The number of benzene rings is 2. The smallest absolute Gasteiger partial charge is 0.323 e. The van der Waals surface area contributed by atoms with E-state index in [4.69, 9.17) is 9.47 Å². The Labute approximate surface area is 206 Å². The van der Waals surface area contributed by atoms with Crippen LogP contribution in [0.15, 0.2) is 54.6 Å². The minimum atomic E-state index is -0.401. The Morgan fingerprint density at radius 3 is 2.66 bits per heavy atom. The van der Waals surface area contributed by atoms with Crippen molar-refractivity contribution < 1.29 is 19.1 Å². The van der Waals surface area contributed by atoms with Gasteiger partial charge in [-0.1, -0.05) is 29.5 Å². The molecular formula is C26H24N4O4S. The normalized spacial score (nSPS) is 12.9. The predicted molar refractivity (Wildman–Crippen MR) is 136 cm³/mol. The van der Waals surface area contributed by atoms with Crippen LogP contribution < -0.4 is 20.1 Å². The molecule has 0 bridgehead atoms. The van der Waals surface area contributed by atoms with Crippen molar-refractivity contribution in [3.8, 4) is 17.4 Å². The monoisotopic (exact) mass is 488 g/mol. The third-order valence-electron chi connectivity index (χ3n) is 5.65. The van der Waals surface area contributed by atoms with Crippen molar-refractivity contribution in [1.82, 2.24) is 9.97 Å². The zero-order chi connectivity index (χ0) is 24.4. The van der Waals surface area contributed by atoms with E-state index in [9.17, 15) is 9.59 Å². The maximum atomic E-state index is 12.5. The molecular weight excluding hydrogens is 464 g/mol. The lowest BCUT2D eigenvalue weighted by atomic mass is 10.2. The minimum Gasteiger partial charge on any atom is -0.495 e. The number of anilines is 2. The number of aromatic nitrogens is 2. The molecule has 1 saturated carbocycles. The molecule has 0 spiro atoms. The highest BCUT2D eigenvalue weighted by molar-refractivity contribution is 7.18. The number of ketones is 1. The first-order valence-electron chi connectivity index (χ1n) is 11.3. The van der Waals surface area contributed by atoms with Crippen LogP contribution in [0, 0.1) is 12.8 Å². The van der Waals surface area contributed by atoms with E-state index in [1.165, 1.54) is 11.3 Å². The van der Waals surface area contributed by atoms with E-state index in [1.807, 2.05) is 31.2 Å². The number of aryl methyl sites for hydroxylation is 1. The summed E-state index contributed by atoms with van der Waals surface area (Å²) >= 11 is 1.42. The van der Waals surface area contributed by atoms with Gasteiger partial charge in [-0.25, -0.2) is 14.8 Å². The van der Waals surface area contributed by atoms with Gasteiger partial charge < -0.3 is 20.1 Å². The van der Waals surface area contributed by atoms with Crippen molar-refractivity contribution in [2.45, 2.75) is 26.2 Å². The largest absolute Gasteiger partial charge is 0.495 e. The number of nitrogens with zero attached hydrogens (tertiary/aromatic N) is 2. The van der Waals surface area contributed by atoms with Crippen LogP contribution in [-0.4, -0.2) is 28.9 Å². The highest BCUT2D eigenvalue weighted by Gasteiger charge is 2.30. The zero-order valence-corrected chi connectivity index (χ0v) is 20.1. The number of hydrogen-bond donors (Lipinski definition) is 2. The van der Waals surface area contributed by atoms with E-state index < -0.39 is 6.03 Å². The number of carbonyl (C=O) groups excluding carboxylic acids is 2. The number of Topliss-reactive ketones (excluding diaryl/α,β-unsaturated/α-hetero) is 1. The number of amides is 2. The Balaban J connectivity index is 1.28. The molecule has 1 aliphatic carbocycles. The lowest BCUT2D eigenvalue weighted by Crippen LogP contribution is -2.19. The van der Waals surface area contributed by atoms with Gasteiger partial charge in [-0.05, 0) is 49.6 Å². The number of ether oxygens (including phenoxy) is 2. The van der Waals surface area contributed by atoms with Gasteiger partial charge in [0.2, 0.25) is 5.88 Å². The molecule has 0 saturated heterocycles. The highest BCUT2D eigenvalue weighted by atomic mass is 32.1. The van der Waals surface area contributed by atoms with E-state index in [2.05, 4.69) is 20.6 Å². The lowest BCUT2D eigenvalue weighted by Gasteiger charge is -2.13.